The summed E-state index contributed by atoms with van der Waals surface area (Å²) >= 11 is 0. The van der Waals surface area contributed by atoms with E-state index in [9.17, 15) is 4.79 Å². The first-order valence-corrected chi connectivity index (χ1v) is 9.99. The Bertz CT molecular complexity index is 1000. The zero-order chi connectivity index (χ0) is 22.0. The molecule has 3 rings (SSSR count). The van der Waals surface area contributed by atoms with E-state index in [1.54, 1.807) is 0 Å². The second kappa shape index (κ2) is 11.0. The van der Waals surface area contributed by atoms with Crippen LogP contribution in [0.1, 0.15) is 45.6 Å². The number of pyridine rings is 1. The van der Waals surface area contributed by atoms with Crippen molar-refractivity contribution in [2.24, 2.45) is 0 Å². The molecule has 0 spiro atoms. The lowest BCUT2D eigenvalue weighted by molar-refractivity contribution is -0.191. The molecule has 2 aromatic carbocycles. The number of unbranched alkanes of at least 4 members (excludes halogenated alkanes) is 1. The van der Waals surface area contributed by atoms with Gasteiger partial charge in [0.1, 0.15) is 5.60 Å². The number of esters is 1. The number of nitrogens with zero attached hydrogens (tertiary/aromatic N) is 1. The van der Waals surface area contributed by atoms with Crippen LogP contribution >= 0.6 is 0 Å². The van der Waals surface area contributed by atoms with E-state index in [2.05, 4.69) is 24.3 Å². The van der Waals surface area contributed by atoms with Crippen molar-refractivity contribution in [3.05, 3.63) is 66.2 Å². The van der Waals surface area contributed by atoms with Gasteiger partial charge in [-0.3, -0.25) is 4.79 Å². The van der Waals surface area contributed by atoms with Crippen LogP contribution in [0.25, 0.3) is 22.2 Å². The predicted molar refractivity (Wildman–Crippen MR) is 116 cm³/mol. The molecule has 1 aromatic heterocycles. The molecule has 30 heavy (non-hydrogen) atoms. The topological polar surface area (TPSA) is 73.3 Å². The Morgan fingerprint density at radius 1 is 0.967 bits per heavy atom. The number of rotatable bonds is 6. The van der Waals surface area contributed by atoms with Crippen LogP contribution in [0.5, 0.6) is 0 Å². The van der Waals surface area contributed by atoms with Gasteiger partial charge in [-0.05, 0) is 57.7 Å². The van der Waals surface area contributed by atoms with Crippen LogP contribution < -0.4 is 0 Å². The minimum Gasteiger partial charge on any atom is -0.460 e. The third-order valence-electron chi connectivity index (χ3n) is 4.35. The average molecular weight is 405 g/mol. The minimum atomic E-state index is -0.417. The fraction of sp³-hybridized carbons (Fsp3) is 0.320. The van der Waals surface area contributed by atoms with Crippen LogP contribution in [0.15, 0.2) is 60.7 Å². The Balaban J connectivity index is 0.00000101. The van der Waals surface area contributed by atoms with Crippen LogP contribution in [-0.4, -0.2) is 22.7 Å². The van der Waals surface area contributed by atoms with E-state index < -0.39 is 5.60 Å². The highest BCUT2D eigenvalue weighted by Crippen LogP contribution is 2.27. The number of hydrogen-bond donors (Lipinski definition) is 0. The molecule has 0 fully saturated rings. The summed E-state index contributed by atoms with van der Waals surface area (Å²) in [6.45, 7) is 5.70. The smallest absolute Gasteiger partial charge is 0.373 e. The van der Waals surface area contributed by atoms with Gasteiger partial charge in [-0.2, -0.15) is 9.59 Å². The fourth-order valence-electron chi connectivity index (χ4n) is 3.17. The van der Waals surface area contributed by atoms with Crippen molar-refractivity contribution >= 4 is 23.0 Å². The number of aryl methyl sites for hydroxylation is 1. The second-order valence-electron chi connectivity index (χ2n) is 7.93. The zero-order valence-corrected chi connectivity index (χ0v) is 17.7. The first-order chi connectivity index (χ1) is 14.3. The molecule has 156 valence electrons. The van der Waals surface area contributed by atoms with Crippen molar-refractivity contribution in [3.8, 4) is 11.3 Å². The van der Waals surface area contributed by atoms with Gasteiger partial charge in [0.25, 0.3) is 0 Å². The number of benzene rings is 2. The highest BCUT2D eigenvalue weighted by atomic mass is 16.6. The summed E-state index contributed by atoms with van der Waals surface area (Å²) in [6, 6.07) is 20.7. The van der Waals surface area contributed by atoms with Crippen molar-refractivity contribution in [3.63, 3.8) is 0 Å². The Morgan fingerprint density at radius 3 is 2.27 bits per heavy atom. The number of para-hydroxylation sites is 1. The number of ether oxygens (including phenoxy) is 1. The molecule has 0 bridgehead atoms. The molecule has 0 atom stereocenters. The van der Waals surface area contributed by atoms with Gasteiger partial charge in [-0.1, -0.05) is 48.5 Å². The molecule has 0 aliphatic heterocycles. The highest BCUT2D eigenvalue weighted by Gasteiger charge is 2.16. The summed E-state index contributed by atoms with van der Waals surface area (Å²) < 4.78 is 5.39. The lowest BCUT2D eigenvalue weighted by Gasteiger charge is -2.19. The number of fused-ring (bicyclic) bond motifs is 1. The summed E-state index contributed by atoms with van der Waals surface area (Å²) in [4.78, 5) is 33.1. The van der Waals surface area contributed by atoms with Crippen molar-refractivity contribution in [1.82, 2.24) is 4.98 Å². The molecule has 1 heterocycles. The predicted octanol–water partition coefficient (Wildman–Crippen LogP) is 5.37. The van der Waals surface area contributed by atoms with Gasteiger partial charge >= 0.3 is 12.1 Å². The monoisotopic (exact) mass is 405 g/mol. The summed E-state index contributed by atoms with van der Waals surface area (Å²) in [6.07, 6.45) is 3.35. The first-order valence-electron chi connectivity index (χ1n) is 9.99. The first kappa shape index (κ1) is 23.0. The normalized spacial score (nSPS) is 10.6. The Morgan fingerprint density at radius 2 is 1.60 bits per heavy atom. The van der Waals surface area contributed by atoms with Crippen LogP contribution in [-0.2, 0) is 25.5 Å². The van der Waals surface area contributed by atoms with Gasteiger partial charge in [-0.25, -0.2) is 4.98 Å². The van der Waals surface area contributed by atoms with Gasteiger partial charge in [0.2, 0.25) is 0 Å². The molecule has 0 N–H and O–H groups in total. The third-order valence-corrected chi connectivity index (χ3v) is 4.35. The number of aromatic nitrogens is 1. The van der Waals surface area contributed by atoms with Crippen molar-refractivity contribution in [1.29, 1.82) is 0 Å². The third kappa shape index (κ3) is 7.26. The Hall–Kier alpha value is -3.30. The maximum atomic E-state index is 11.9. The molecule has 0 saturated carbocycles. The molecule has 0 saturated heterocycles. The van der Waals surface area contributed by atoms with Gasteiger partial charge in [0, 0.05) is 17.4 Å². The largest absolute Gasteiger partial charge is 0.460 e. The van der Waals surface area contributed by atoms with E-state index in [0.717, 1.165) is 41.4 Å². The van der Waals surface area contributed by atoms with E-state index in [-0.39, 0.29) is 12.1 Å². The van der Waals surface area contributed by atoms with Gasteiger partial charge in [0.15, 0.2) is 0 Å². The minimum absolute atomic E-state index is 0.123. The summed E-state index contributed by atoms with van der Waals surface area (Å²) in [7, 11) is 0. The van der Waals surface area contributed by atoms with E-state index in [0.29, 0.717) is 6.42 Å². The summed E-state index contributed by atoms with van der Waals surface area (Å²) in [5.41, 5.74) is 3.98. The molecule has 0 radical (unpaired) electrons. The number of hydrogen-bond acceptors (Lipinski definition) is 5. The molecule has 5 heteroatoms. The van der Waals surface area contributed by atoms with Crippen LogP contribution in [0, 0.1) is 0 Å². The Kier molecular flexibility index (Phi) is 8.45. The summed E-state index contributed by atoms with van der Waals surface area (Å²) in [5, 5.41) is 1.15. The molecule has 0 unspecified atom stereocenters. The van der Waals surface area contributed by atoms with Crippen LogP contribution in [0.2, 0.25) is 0 Å². The zero-order valence-electron chi connectivity index (χ0n) is 17.7. The fourth-order valence-corrected chi connectivity index (χ4v) is 3.17. The van der Waals surface area contributed by atoms with Crippen molar-refractivity contribution in [2.45, 2.75) is 52.1 Å². The SMILES string of the molecule is CC(C)(C)OC(=O)CCCCc1cc2ccccc2nc1-c1ccccc1.O=C=O. The summed E-state index contributed by atoms with van der Waals surface area (Å²) in [5.74, 6) is -0.123. The van der Waals surface area contributed by atoms with Crippen molar-refractivity contribution in [2.75, 3.05) is 0 Å². The van der Waals surface area contributed by atoms with E-state index in [1.807, 2.05) is 57.2 Å². The van der Waals surface area contributed by atoms with Crippen LogP contribution in [0.3, 0.4) is 0 Å². The standard InChI is InChI=1S/C24H27NO2.CO2/c1-24(2,3)27-22(26)16-10-8-14-20-17-19-13-7-9-15-21(19)25-23(20)18-11-5-4-6-12-18;2-1-3/h4-7,9,11-13,15,17H,8,10,14,16H2,1-3H3;. The molecule has 5 nitrogen and oxygen atoms in total. The Labute approximate surface area is 177 Å². The van der Waals surface area contributed by atoms with Gasteiger partial charge < -0.3 is 4.74 Å². The molecular formula is C25H27NO4. The number of carbonyl (C=O) groups excluding carboxylic acids is 3. The molecule has 3 aromatic rings. The second-order valence-corrected chi connectivity index (χ2v) is 7.93. The maximum absolute atomic E-state index is 11.9. The van der Waals surface area contributed by atoms with Crippen LogP contribution in [0.4, 0.5) is 0 Å². The lowest BCUT2D eigenvalue weighted by Crippen LogP contribution is -2.23. The molecule has 0 aliphatic carbocycles. The lowest BCUT2D eigenvalue weighted by atomic mass is 9.98. The van der Waals surface area contributed by atoms with Gasteiger partial charge in [0.05, 0.1) is 11.2 Å². The maximum Gasteiger partial charge on any atom is 0.373 e. The quantitative estimate of drug-likeness (QED) is 0.407. The molecular weight excluding hydrogens is 378 g/mol. The molecule has 0 amide bonds. The number of carbonyl (C=O) groups is 1. The van der Waals surface area contributed by atoms with Gasteiger partial charge in [-0.15, -0.1) is 0 Å². The average Bonchev–Trinajstić information content (AvgIpc) is 2.70. The van der Waals surface area contributed by atoms with Crippen molar-refractivity contribution < 1.29 is 19.1 Å². The van der Waals surface area contributed by atoms with E-state index >= 15 is 0 Å². The van der Waals surface area contributed by atoms with E-state index in [4.69, 9.17) is 19.3 Å². The highest BCUT2D eigenvalue weighted by molar-refractivity contribution is 5.83. The van der Waals surface area contributed by atoms with E-state index in [1.165, 1.54) is 5.56 Å². The molecule has 0 aliphatic rings.